The highest BCUT2D eigenvalue weighted by Gasteiger charge is 2.87. The molecule has 0 amide bonds. The number of allylic oxidation sites excluding steroid dienone is 3. The van der Waals surface area contributed by atoms with Crippen LogP contribution in [0.25, 0.3) is 0 Å². The zero-order chi connectivity index (χ0) is 33.9. The van der Waals surface area contributed by atoms with Crippen LogP contribution >= 0.6 is 0 Å². The molecule has 3 saturated carbocycles. The lowest BCUT2D eigenvalue weighted by molar-refractivity contribution is -0.160. The minimum atomic E-state index is -1.90. The van der Waals surface area contributed by atoms with E-state index in [1.54, 1.807) is 0 Å². The first-order valence-corrected chi connectivity index (χ1v) is 19.0. The predicted octanol–water partition coefficient (Wildman–Crippen LogP) is 3.54. The largest absolute Gasteiger partial charge is 0.463 e. The fraction of sp³-hybridized carbons (Fsp3) is 0.816. The van der Waals surface area contributed by atoms with Crippen molar-refractivity contribution >= 4 is 17.5 Å². The lowest BCUT2D eigenvalue weighted by atomic mass is 9.60. The molecule has 6 rings (SSSR count). The number of aliphatic hydroxyl groups excluding tert-OH is 1. The summed E-state index contributed by atoms with van der Waals surface area (Å²) in [5.74, 6) is -0.246. The van der Waals surface area contributed by atoms with Crippen molar-refractivity contribution in [1.29, 1.82) is 0 Å². The molecule has 2 heterocycles. The van der Waals surface area contributed by atoms with Crippen LogP contribution in [0.15, 0.2) is 23.3 Å². The van der Waals surface area contributed by atoms with Crippen molar-refractivity contribution in [2.24, 2.45) is 35.5 Å². The maximum absolute atomic E-state index is 14.4. The number of Topliss-reactive ketones (excluding diaryl/α,β-unsaturated/α-hetero) is 2. The third kappa shape index (κ3) is 6.87. The fourth-order valence-electron chi connectivity index (χ4n) is 10.00. The second-order valence-corrected chi connectivity index (χ2v) is 15.6. The van der Waals surface area contributed by atoms with Gasteiger partial charge in [-0.15, -0.1) is 0 Å². The number of carbonyl (C=O) groups is 3. The van der Waals surface area contributed by atoms with Crippen molar-refractivity contribution in [3.63, 3.8) is 0 Å². The molecule has 10 heteroatoms. The Labute approximate surface area is 287 Å². The Bertz CT molecular complexity index is 1250. The van der Waals surface area contributed by atoms with E-state index >= 15 is 0 Å². The molecular formula is C38H60N4O6. The molecular weight excluding hydrogens is 608 g/mol. The van der Waals surface area contributed by atoms with Gasteiger partial charge in [0.05, 0.1) is 19.4 Å². The second kappa shape index (κ2) is 15.5. The first kappa shape index (κ1) is 35.9. The van der Waals surface area contributed by atoms with Gasteiger partial charge in [0.1, 0.15) is 0 Å². The van der Waals surface area contributed by atoms with Gasteiger partial charge in [-0.05, 0) is 115 Å². The molecule has 2 aliphatic heterocycles. The quantitative estimate of drug-likeness (QED) is 0.0614. The molecule has 48 heavy (non-hydrogen) atoms. The monoisotopic (exact) mass is 668 g/mol. The van der Waals surface area contributed by atoms with E-state index < -0.39 is 29.0 Å². The van der Waals surface area contributed by atoms with Crippen molar-refractivity contribution in [1.82, 2.24) is 21.3 Å². The second-order valence-electron chi connectivity index (χ2n) is 15.6. The molecule has 0 aromatic carbocycles. The van der Waals surface area contributed by atoms with Crippen LogP contribution in [0.4, 0.5) is 0 Å². The summed E-state index contributed by atoms with van der Waals surface area (Å²) in [6.45, 7) is 6.62. The summed E-state index contributed by atoms with van der Waals surface area (Å²) in [7, 11) is 1.93. The number of epoxide rings is 1. The minimum absolute atomic E-state index is 0.0658. The number of hydrogen-bond acceptors (Lipinski definition) is 10. The zero-order valence-electron chi connectivity index (χ0n) is 29.5. The van der Waals surface area contributed by atoms with E-state index in [0.717, 1.165) is 89.5 Å². The SMILES string of the molecule is CCN[C@H]1C[C@@H]2C=CCC[C@H]2C[C@@H]1COC(=O)[C@]12O[C@@]1(CC(CO)=C(C)CCC1CCNC(NCNC)C1)C(=O)C1CCCCC1C2=O. The summed E-state index contributed by atoms with van der Waals surface area (Å²) in [4.78, 5) is 42.9. The molecule has 0 radical (unpaired) electrons. The Balaban J connectivity index is 1.18. The number of ketones is 2. The zero-order valence-corrected chi connectivity index (χ0v) is 29.5. The number of aliphatic hydroxyl groups is 1. The van der Waals surface area contributed by atoms with Gasteiger partial charge in [0.25, 0.3) is 5.60 Å². The number of fused-ring (bicyclic) bond motifs is 3. The average molecular weight is 669 g/mol. The van der Waals surface area contributed by atoms with Crippen LogP contribution < -0.4 is 21.3 Å². The van der Waals surface area contributed by atoms with Crippen LogP contribution in [0, 0.1) is 35.5 Å². The van der Waals surface area contributed by atoms with Crippen LogP contribution in [0.3, 0.4) is 0 Å². The Hall–Kier alpha value is -1.95. The first-order chi connectivity index (χ1) is 23.3. The number of hydrogen-bond donors (Lipinski definition) is 5. The fourth-order valence-corrected chi connectivity index (χ4v) is 10.00. The van der Waals surface area contributed by atoms with E-state index in [1.165, 1.54) is 0 Å². The summed E-state index contributed by atoms with van der Waals surface area (Å²) in [5.41, 5.74) is -1.76. The standard InChI is InChI=1S/C38H60N4O6/c1-4-40-32-19-27-10-6-5-9-26(27)18-28(32)22-47-36(46)38-35(45)31-12-8-7-11-30(31)34(44)37(38,48-38)20-29(21-43)24(2)13-14-25-15-16-41-33(17-25)42-23-39-3/h6,10,25-28,30-33,39-43H,4-5,7-9,11-23H2,1-3H3/t25?,26-,27-,28+,30?,31?,32-,33?,37-,38-/m0/s1. The van der Waals surface area contributed by atoms with Crippen molar-refractivity contribution in [3.05, 3.63) is 23.3 Å². The molecule has 10 atom stereocenters. The van der Waals surface area contributed by atoms with Crippen molar-refractivity contribution in [2.45, 2.75) is 121 Å². The van der Waals surface area contributed by atoms with Crippen molar-refractivity contribution in [3.8, 4) is 0 Å². The third-order valence-corrected chi connectivity index (χ3v) is 12.8. The Morgan fingerprint density at radius 3 is 2.62 bits per heavy atom. The normalized spacial score (nSPS) is 39.6. The number of esters is 1. The van der Waals surface area contributed by atoms with E-state index in [4.69, 9.17) is 9.47 Å². The lowest BCUT2D eigenvalue weighted by Crippen LogP contribution is -2.58. The van der Waals surface area contributed by atoms with Crippen LogP contribution in [0.1, 0.15) is 97.3 Å². The van der Waals surface area contributed by atoms with Gasteiger partial charge in [-0.2, -0.15) is 0 Å². The van der Waals surface area contributed by atoms with Gasteiger partial charge in [0, 0.05) is 36.9 Å². The summed E-state index contributed by atoms with van der Waals surface area (Å²) in [6, 6.07) is 0.224. The van der Waals surface area contributed by atoms with Gasteiger partial charge in [-0.25, -0.2) is 4.79 Å². The third-order valence-electron chi connectivity index (χ3n) is 12.8. The van der Waals surface area contributed by atoms with Crippen LogP contribution in [0.2, 0.25) is 0 Å². The summed E-state index contributed by atoms with van der Waals surface area (Å²) < 4.78 is 12.4. The average Bonchev–Trinajstić information content (AvgIpc) is 3.82. The van der Waals surface area contributed by atoms with E-state index in [9.17, 15) is 19.5 Å². The highest BCUT2D eigenvalue weighted by Crippen LogP contribution is 2.62. The molecule has 2 saturated heterocycles. The van der Waals surface area contributed by atoms with Crippen LogP contribution in [-0.2, 0) is 23.9 Å². The molecule has 0 spiro atoms. The van der Waals surface area contributed by atoms with E-state index in [1.807, 2.05) is 14.0 Å². The van der Waals surface area contributed by atoms with Gasteiger partial charge >= 0.3 is 5.97 Å². The van der Waals surface area contributed by atoms with Crippen molar-refractivity contribution in [2.75, 3.05) is 40.0 Å². The smallest absolute Gasteiger partial charge is 0.350 e. The Kier molecular flexibility index (Phi) is 11.6. The van der Waals surface area contributed by atoms with E-state index in [2.05, 4.69) is 40.3 Å². The van der Waals surface area contributed by atoms with E-state index in [0.29, 0.717) is 36.2 Å². The summed E-state index contributed by atoms with van der Waals surface area (Å²) >= 11 is 0. The van der Waals surface area contributed by atoms with Gasteiger partial charge in [-0.1, -0.05) is 37.5 Å². The molecule has 0 bridgehead atoms. The van der Waals surface area contributed by atoms with Gasteiger partial charge in [0.2, 0.25) is 0 Å². The number of piperidine rings is 1. The Morgan fingerprint density at radius 2 is 1.88 bits per heavy atom. The van der Waals surface area contributed by atoms with Gasteiger partial charge < -0.3 is 30.5 Å². The molecule has 0 aromatic heterocycles. The first-order valence-electron chi connectivity index (χ1n) is 19.0. The van der Waals surface area contributed by atoms with Gasteiger partial charge in [-0.3, -0.25) is 14.9 Å². The number of ether oxygens (including phenoxy) is 2. The molecule has 4 unspecified atom stereocenters. The van der Waals surface area contributed by atoms with Crippen LogP contribution in [-0.4, -0.2) is 86.1 Å². The number of rotatable bonds is 14. The number of carbonyl (C=O) groups excluding carboxylic acids is 3. The number of nitrogens with one attached hydrogen (secondary N) is 4. The molecule has 268 valence electrons. The Morgan fingerprint density at radius 1 is 1.08 bits per heavy atom. The molecule has 5 fully saturated rings. The highest BCUT2D eigenvalue weighted by molar-refractivity contribution is 6.23. The molecule has 4 aliphatic carbocycles. The van der Waals surface area contributed by atoms with Gasteiger partial charge in [0.15, 0.2) is 17.2 Å². The molecule has 10 nitrogen and oxygen atoms in total. The predicted molar refractivity (Wildman–Crippen MR) is 184 cm³/mol. The maximum Gasteiger partial charge on any atom is 0.350 e. The van der Waals surface area contributed by atoms with Crippen molar-refractivity contribution < 1.29 is 29.0 Å². The lowest BCUT2D eigenvalue weighted by Gasteiger charge is -2.42. The summed E-state index contributed by atoms with van der Waals surface area (Å²) in [6.07, 6.45) is 16.1. The molecule has 6 aliphatic rings. The topological polar surface area (TPSA) is 141 Å². The highest BCUT2D eigenvalue weighted by atomic mass is 16.7. The maximum atomic E-state index is 14.4. The molecule has 0 aromatic rings. The molecule has 5 N–H and O–H groups in total. The summed E-state index contributed by atoms with van der Waals surface area (Å²) in [5, 5.41) is 24.4. The van der Waals surface area contributed by atoms with E-state index in [-0.39, 0.29) is 49.3 Å². The minimum Gasteiger partial charge on any atom is -0.463 e. The van der Waals surface area contributed by atoms with Crippen LogP contribution in [0.5, 0.6) is 0 Å².